The molecule has 2 heterocycles. The monoisotopic (exact) mass is 575 g/mol. The second-order valence-corrected chi connectivity index (χ2v) is 11.8. The van der Waals surface area contributed by atoms with Gasteiger partial charge in [-0.2, -0.15) is 13.2 Å². The molecule has 0 radical (unpaired) electrons. The van der Waals surface area contributed by atoms with E-state index < -0.39 is 50.6 Å². The van der Waals surface area contributed by atoms with Crippen LogP contribution in [0.3, 0.4) is 0 Å². The average molecular weight is 576 g/mol. The topological polar surface area (TPSA) is 87.7 Å². The molecule has 2 aromatic rings. The van der Waals surface area contributed by atoms with Crippen LogP contribution in [0.4, 0.5) is 22.0 Å². The van der Waals surface area contributed by atoms with E-state index in [1.165, 1.54) is 6.92 Å². The Morgan fingerprint density at radius 3 is 2.69 bits per heavy atom. The number of alkyl halides is 5. The molecule has 1 amide bonds. The highest BCUT2D eigenvalue weighted by molar-refractivity contribution is 7.89. The predicted molar refractivity (Wildman–Crippen MR) is 133 cm³/mol. The Balaban J connectivity index is 1.35. The van der Waals surface area contributed by atoms with Gasteiger partial charge in [-0.25, -0.2) is 21.9 Å². The first-order valence-electron chi connectivity index (χ1n) is 12.6. The zero-order valence-corrected chi connectivity index (χ0v) is 22.0. The fourth-order valence-electron chi connectivity index (χ4n) is 4.87. The second-order valence-electron chi connectivity index (χ2n) is 10.1. The van der Waals surface area contributed by atoms with Gasteiger partial charge in [0.25, 0.3) is 5.92 Å². The molecule has 2 aliphatic rings. The van der Waals surface area contributed by atoms with Crippen molar-refractivity contribution in [2.75, 3.05) is 19.7 Å². The van der Waals surface area contributed by atoms with Gasteiger partial charge in [-0.05, 0) is 49.7 Å². The highest BCUT2D eigenvalue weighted by Crippen LogP contribution is 2.34. The van der Waals surface area contributed by atoms with E-state index in [1.807, 2.05) is 6.07 Å². The lowest BCUT2D eigenvalue weighted by molar-refractivity contribution is -0.137. The summed E-state index contributed by atoms with van der Waals surface area (Å²) in [6, 6.07) is 7.46. The Hall–Kier alpha value is -2.77. The minimum atomic E-state index is -4.69. The Morgan fingerprint density at radius 2 is 1.97 bits per heavy atom. The molecule has 0 bridgehead atoms. The molecule has 39 heavy (non-hydrogen) atoms. The van der Waals surface area contributed by atoms with Gasteiger partial charge in [0.2, 0.25) is 15.9 Å². The van der Waals surface area contributed by atoms with Crippen molar-refractivity contribution in [1.82, 2.24) is 14.9 Å². The van der Waals surface area contributed by atoms with Crippen LogP contribution in [0.25, 0.3) is 0 Å². The van der Waals surface area contributed by atoms with Crippen LogP contribution < -0.4 is 14.8 Å². The molecule has 0 aliphatic carbocycles. The van der Waals surface area contributed by atoms with Gasteiger partial charge in [-0.3, -0.25) is 9.69 Å². The van der Waals surface area contributed by atoms with Gasteiger partial charge in [0.05, 0.1) is 29.7 Å². The maximum Gasteiger partial charge on any atom is 0.416 e. The summed E-state index contributed by atoms with van der Waals surface area (Å²) in [5, 5.41) is 2.86. The summed E-state index contributed by atoms with van der Waals surface area (Å²) in [7, 11) is -4.30. The first-order valence-corrected chi connectivity index (χ1v) is 14.0. The van der Waals surface area contributed by atoms with Gasteiger partial charge >= 0.3 is 6.18 Å². The summed E-state index contributed by atoms with van der Waals surface area (Å²) >= 11 is 0. The summed E-state index contributed by atoms with van der Waals surface area (Å²) in [4.78, 5) is 13.9. The van der Waals surface area contributed by atoms with Crippen molar-refractivity contribution < 1.29 is 39.9 Å². The highest BCUT2D eigenvalue weighted by atomic mass is 32.2. The molecule has 1 saturated heterocycles. The highest BCUT2D eigenvalue weighted by Gasteiger charge is 2.35. The Bertz CT molecular complexity index is 1300. The molecule has 214 valence electrons. The normalized spacial score (nSPS) is 20.5. The SMILES string of the molecule is C[C@@H](CC(=O)N[C@@H]1CCOc2cc(CN3CCCC(F)(F)C3)ccc21)NS(=O)(=O)c1cccc(C(F)(F)F)c1. The number of ether oxygens (including phenoxy) is 1. The Kier molecular flexibility index (Phi) is 8.52. The quantitative estimate of drug-likeness (QED) is 0.449. The van der Waals surface area contributed by atoms with E-state index in [0.717, 1.165) is 29.3 Å². The first kappa shape index (κ1) is 29.2. The molecule has 0 saturated carbocycles. The molecule has 0 unspecified atom stereocenters. The van der Waals surface area contributed by atoms with Crippen LogP contribution >= 0.6 is 0 Å². The van der Waals surface area contributed by atoms with Gasteiger partial charge in [-0.1, -0.05) is 18.2 Å². The van der Waals surface area contributed by atoms with Crippen molar-refractivity contribution in [3.05, 3.63) is 59.2 Å². The van der Waals surface area contributed by atoms with Crippen LogP contribution in [0.15, 0.2) is 47.4 Å². The summed E-state index contributed by atoms with van der Waals surface area (Å²) in [6.45, 7) is 2.41. The molecule has 2 aliphatic heterocycles. The molecule has 2 atom stereocenters. The number of nitrogens with one attached hydrogen (secondary N) is 2. The lowest BCUT2D eigenvalue weighted by Crippen LogP contribution is -2.42. The van der Waals surface area contributed by atoms with E-state index in [2.05, 4.69) is 10.0 Å². The fraction of sp³-hybridized carbons (Fsp3) is 0.500. The smallest absolute Gasteiger partial charge is 0.416 e. The standard InChI is InChI=1S/C26H30F5N3O4S/c1-17(33-39(36,37)20-5-2-4-19(14-20)26(29,30)31)12-24(35)32-22-8-11-38-23-13-18(6-7-21(22)23)15-34-10-3-9-25(27,28)16-34/h2,4-7,13-14,17,22,33H,3,8-12,15-16H2,1H3,(H,32,35)/t17-,22+/m0/s1. The third kappa shape index (κ3) is 7.67. The number of hydrogen-bond donors (Lipinski definition) is 2. The van der Waals surface area contributed by atoms with Crippen molar-refractivity contribution in [3.8, 4) is 5.75 Å². The molecule has 7 nitrogen and oxygen atoms in total. The van der Waals surface area contributed by atoms with E-state index in [-0.39, 0.29) is 19.4 Å². The minimum absolute atomic E-state index is 0.108. The van der Waals surface area contributed by atoms with E-state index in [0.29, 0.717) is 44.4 Å². The van der Waals surface area contributed by atoms with E-state index in [1.54, 1.807) is 17.0 Å². The van der Waals surface area contributed by atoms with Crippen molar-refractivity contribution >= 4 is 15.9 Å². The second kappa shape index (κ2) is 11.4. The van der Waals surface area contributed by atoms with Crippen LogP contribution in [-0.2, 0) is 27.5 Å². The summed E-state index contributed by atoms with van der Waals surface area (Å²) in [5.74, 6) is -2.60. The molecular weight excluding hydrogens is 545 g/mol. The van der Waals surface area contributed by atoms with E-state index in [4.69, 9.17) is 4.74 Å². The Labute approximate surface area is 223 Å². The number of nitrogens with zero attached hydrogens (tertiary/aromatic N) is 1. The summed E-state index contributed by atoms with van der Waals surface area (Å²) < 4.78 is 99.6. The third-order valence-electron chi connectivity index (χ3n) is 6.65. The largest absolute Gasteiger partial charge is 0.493 e. The van der Waals surface area contributed by atoms with Gasteiger partial charge in [-0.15, -0.1) is 0 Å². The summed E-state index contributed by atoms with van der Waals surface area (Å²) in [6.07, 6.45) is -4.15. The number of hydrogen-bond acceptors (Lipinski definition) is 5. The van der Waals surface area contributed by atoms with E-state index in [9.17, 15) is 35.2 Å². The van der Waals surface area contributed by atoms with Crippen LogP contribution in [0.2, 0.25) is 0 Å². The molecule has 2 aromatic carbocycles. The first-order chi connectivity index (χ1) is 18.2. The molecule has 2 N–H and O–H groups in total. The number of rotatable bonds is 8. The van der Waals surface area contributed by atoms with E-state index >= 15 is 0 Å². The van der Waals surface area contributed by atoms with Crippen molar-refractivity contribution in [2.24, 2.45) is 0 Å². The van der Waals surface area contributed by atoms with Crippen LogP contribution in [0.5, 0.6) is 5.75 Å². The van der Waals surface area contributed by atoms with Crippen LogP contribution in [0.1, 0.15) is 55.3 Å². The van der Waals surface area contributed by atoms with Crippen LogP contribution in [0, 0.1) is 0 Å². The number of halogens is 5. The molecule has 1 fully saturated rings. The number of carbonyl (C=O) groups is 1. The lowest BCUT2D eigenvalue weighted by Gasteiger charge is -2.33. The predicted octanol–water partition coefficient (Wildman–Crippen LogP) is 4.63. The van der Waals surface area contributed by atoms with Crippen molar-refractivity contribution in [3.63, 3.8) is 0 Å². The molecular formula is C26H30F5N3O4S. The maximum atomic E-state index is 13.7. The number of carbonyl (C=O) groups excluding carboxylic acids is 1. The molecule has 0 spiro atoms. The average Bonchev–Trinajstić information content (AvgIpc) is 2.82. The van der Waals surface area contributed by atoms with Gasteiger partial charge in [0.1, 0.15) is 5.75 Å². The maximum absolute atomic E-state index is 13.7. The fourth-order valence-corrected chi connectivity index (χ4v) is 6.16. The number of piperidine rings is 1. The molecule has 0 aromatic heterocycles. The zero-order valence-electron chi connectivity index (χ0n) is 21.2. The Morgan fingerprint density at radius 1 is 1.21 bits per heavy atom. The zero-order chi connectivity index (χ0) is 28.4. The molecule has 13 heteroatoms. The number of sulfonamides is 1. The van der Waals surface area contributed by atoms with Crippen molar-refractivity contribution in [1.29, 1.82) is 0 Å². The van der Waals surface area contributed by atoms with Crippen LogP contribution in [-0.4, -0.2) is 50.9 Å². The van der Waals surface area contributed by atoms with Gasteiger partial charge in [0, 0.05) is 37.4 Å². The number of likely N-dealkylation sites (tertiary alicyclic amines) is 1. The minimum Gasteiger partial charge on any atom is -0.493 e. The van der Waals surface area contributed by atoms with Gasteiger partial charge in [0.15, 0.2) is 0 Å². The number of benzene rings is 2. The lowest BCUT2D eigenvalue weighted by atomic mass is 9.98. The third-order valence-corrected chi connectivity index (χ3v) is 8.24. The summed E-state index contributed by atoms with van der Waals surface area (Å²) in [5.41, 5.74) is 0.446. The van der Waals surface area contributed by atoms with Crippen molar-refractivity contribution in [2.45, 2.75) is 68.2 Å². The number of amides is 1. The van der Waals surface area contributed by atoms with Gasteiger partial charge < -0.3 is 10.1 Å². The molecule has 4 rings (SSSR count). The number of fused-ring (bicyclic) bond motifs is 1.